The van der Waals surface area contributed by atoms with Crippen molar-refractivity contribution in [2.75, 3.05) is 12.4 Å². The largest absolute Gasteiger partial charge is 0.497 e. The Morgan fingerprint density at radius 1 is 0.769 bits per heavy atom. The Morgan fingerprint density at radius 3 is 1.90 bits per heavy atom. The van der Waals surface area contributed by atoms with E-state index in [1.807, 2.05) is 0 Å². The van der Waals surface area contributed by atoms with Crippen molar-refractivity contribution in [3.05, 3.63) is 116 Å². The second-order valence-corrected chi connectivity index (χ2v) is 8.42. The van der Waals surface area contributed by atoms with Crippen LogP contribution < -0.4 is 21.4 Å². The molecule has 0 fully saturated rings. The highest BCUT2D eigenvalue weighted by Crippen LogP contribution is 2.31. The predicted molar refractivity (Wildman–Crippen MR) is 130 cm³/mol. The first kappa shape index (κ1) is 27.5. The van der Waals surface area contributed by atoms with Gasteiger partial charge < -0.3 is 10.1 Å². The van der Waals surface area contributed by atoms with Crippen LogP contribution in [0.2, 0.25) is 0 Å². The molecule has 1 aromatic heterocycles. The zero-order valence-corrected chi connectivity index (χ0v) is 20.2. The zero-order chi connectivity index (χ0) is 28.4. The maximum Gasteiger partial charge on any atom is 0.416 e. The van der Waals surface area contributed by atoms with Gasteiger partial charge in [-0.15, -0.1) is 0 Å². The van der Waals surface area contributed by atoms with Crippen LogP contribution in [0.5, 0.6) is 5.75 Å². The number of benzene rings is 3. The number of rotatable bonds is 7. The minimum Gasteiger partial charge on any atom is -0.497 e. The first-order valence-corrected chi connectivity index (χ1v) is 11.3. The van der Waals surface area contributed by atoms with E-state index in [1.54, 1.807) is 24.3 Å². The predicted octanol–water partition coefficient (Wildman–Crippen LogP) is 5.29. The van der Waals surface area contributed by atoms with Gasteiger partial charge in [0.05, 0.1) is 31.3 Å². The second kappa shape index (κ2) is 10.7. The van der Waals surface area contributed by atoms with Gasteiger partial charge in [0, 0.05) is 5.69 Å². The Kier molecular flexibility index (Phi) is 7.52. The number of nitrogens with one attached hydrogen (secondary N) is 1. The molecule has 0 bridgehead atoms. The SMILES string of the molecule is COc1ccc(Cn2c(=O)nc(Nc3cccc(C(F)(F)F)c3)n(Cc3ccc(C(F)(F)F)cc3)c2=O)cc1. The minimum absolute atomic E-state index is 0.106. The summed E-state index contributed by atoms with van der Waals surface area (Å²) in [6.07, 6.45) is -9.22. The first-order chi connectivity index (χ1) is 18.3. The molecule has 0 spiro atoms. The normalized spacial score (nSPS) is 11.9. The lowest BCUT2D eigenvalue weighted by Crippen LogP contribution is -2.43. The van der Waals surface area contributed by atoms with Crippen LogP contribution in [0.4, 0.5) is 38.0 Å². The van der Waals surface area contributed by atoms with Crippen LogP contribution >= 0.6 is 0 Å². The van der Waals surface area contributed by atoms with Crippen molar-refractivity contribution in [2.24, 2.45) is 0 Å². The molecule has 39 heavy (non-hydrogen) atoms. The summed E-state index contributed by atoms with van der Waals surface area (Å²) in [5.74, 6) is 0.166. The summed E-state index contributed by atoms with van der Waals surface area (Å²) in [6.45, 7) is -0.514. The fourth-order valence-electron chi connectivity index (χ4n) is 3.70. The van der Waals surface area contributed by atoms with Crippen molar-refractivity contribution >= 4 is 11.6 Å². The Balaban J connectivity index is 1.77. The molecule has 0 saturated heterocycles. The van der Waals surface area contributed by atoms with E-state index in [9.17, 15) is 35.9 Å². The molecule has 0 radical (unpaired) electrons. The van der Waals surface area contributed by atoms with Gasteiger partial charge in [-0.25, -0.2) is 14.2 Å². The number of hydrogen-bond acceptors (Lipinski definition) is 5. The molecule has 0 aliphatic rings. The van der Waals surface area contributed by atoms with Gasteiger partial charge in [0.15, 0.2) is 0 Å². The molecule has 0 saturated carbocycles. The molecule has 7 nitrogen and oxygen atoms in total. The van der Waals surface area contributed by atoms with E-state index in [2.05, 4.69) is 10.3 Å². The lowest BCUT2D eigenvalue weighted by Gasteiger charge is -2.17. The van der Waals surface area contributed by atoms with Gasteiger partial charge in [0.2, 0.25) is 5.95 Å². The molecule has 0 aliphatic carbocycles. The fourth-order valence-corrected chi connectivity index (χ4v) is 3.70. The molecule has 13 heteroatoms. The van der Waals surface area contributed by atoms with E-state index in [4.69, 9.17) is 4.74 Å². The van der Waals surface area contributed by atoms with Crippen LogP contribution in [0.3, 0.4) is 0 Å². The average Bonchev–Trinajstić information content (AvgIpc) is 2.88. The van der Waals surface area contributed by atoms with Crippen molar-refractivity contribution in [2.45, 2.75) is 25.4 Å². The number of anilines is 2. The molecule has 204 valence electrons. The summed E-state index contributed by atoms with van der Waals surface area (Å²) >= 11 is 0. The summed E-state index contributed by atoms with van der Waals surface area (Å²) in [6, 6.07) is 14.5. The molecular formula is C26H20F6N4O3. The maximum absolute atomic E-state index is 13.4. The smallest absolute Gasteiger partial charge is 0.416 e. The molecule has 1 N–H and O–H groups in total. The third-order valence-electron chi connectivity index (χ3n) is 5.72. The molecule has 1 heterocycles. The van der Waals surface area contributed by atoms with Crippen molar-refractivity contribution < 1.29 is 31.1 Å². The molecule has 0 atom stereocenters. The van der Waals surface area contributed by atoms with Crippen molar-refractivity contribution in [1.29, 1.82) is 0 Å². The quantitative estimate of drug-likeness (QED) is 0.317. The Labute approximate surface area is 216 Å². The third kappa shape index (κ3) is 6.48. The zero-order valence-electron chi connectivity index (χ0n) is 20.2. The molecular weight excluding hydrogens is 530 g/mol. The van der Waals surface area contributed by atoms with E-state index in [-0.39, 0.29) is 30.3 Å². The number of halogens is 6. The third-order valence-corrected chi connectivity index (χ3v) is 5.72. The standard InChI is InChI=1S/C26H20F6N4O3/c1-39-21-11-7-17(8-12-21)15-36-23(37)34-22(33-20-4-2-3-19(13-20)26(30,31)32)35(24(36)38)14-16-5-9-18(10-6-16)25(27,28)29/h2-13H,14-15H2,1H3,(H,33,34,37). The van der Waals surface area contributed by atoms with Gasteiger partial charge in [-0.3, -0.25) is 4.57 Å². The molecule has 4 aromatic rings. The number of ether oxygens (including phenoxy) is 1. The van der Waals surface area contributed by atoms with E-state index < -0.39 is 34.9 Å². The monoisotopic (exact) mass is 550 g/mol. The topological polar surface area (TPSA) is 78.2 Å². The lowest BCUT2D eigenvalue weighted by molar-refractivity contribution is -0.138. The van der Waals surface area contributed by atoms with Gasteiger partial charge in [0.1, 0.15) is 5.75 Å². The Morgan fingerprint density at radius 2 is 1.33 bits per heavy atom. The maximum atomic E-state index is 13.4. The number of aromatic nitrogens is 3. The number of hydrogen-bond donors (Lipinski definition) is 1. The molecule has 4 rings (SSSR count). The minimum atomic E-state index is -4.65. The van der Waals surface area contributed by atoms with Crippen LogP contribution in [-0.2, 0) is 25.4 Å². The van der Waals surface area contributed by atoms with Gasteiger partial charge >= 0.3 is 23.7 Å². The van der Waals surface area contributed by atoms with E-state index in [1.165, 1.54) is 13.2 Å². The van der Waals surface area contributed by atoms with Gasteiger partial charge in [-0.1, -0.05) is 30.3 Å². The number of nitrogens with zero attached hydrogens (tertiary/aromatic N) is 3. The first-order valence-electron chi connectivity index (χ1n) is 11.3. The van der Waals surface area contributed by atoms with Gasteiger partial charge in [-0.05, 0) is 53.6 Å². The van der Waals surface area contributed by atoms with Crippen molar-refractivity contribution in [1.82, 2.24) is 14.1 Å². The van der Waals surface area contributed by atoms with Gasteiger partial charge in [0.25, 0.3) is 0 Å². The van der Waals surface area contributed by atoms with E-state index in [0.29, 0.717) is 11.3 Å². The van der Waals surface area contributed by atoms with Crippen LogP contribution in [0.15, 0.2) is 82.4 Å². The molecule has 0 aliphatic heterocycles. The van der Waals surface area contributed by atoms with Gasteiger partial charge in [-0.2, -0.15) is 31.3 Å². The molecule has 3 aromatic carbocycles. The number of alkyl halides is 6. The van der Waals surface area contributed by atoms with Crippen LogP contribution in [0, 0.1) is 0 Å². The summed E-state index contributed by atoms with van der Waals surface area (Å²) in [5.41, 5.74) is -3.02. The lowest BCUT2D eigenvalue weighted by atomic mass is 10.1. The highest BCUT2D eigenvalue weighted by atomic mass is 19.4. The highest BCUT2D eigenvalue weighted by molar-refractivity contribution is 5.55. The van der Waals surface area contributed by atoms with Crippen LogP contribution in [0.25, 0.3) is 0 Å². The van der Waals surface area contributed by atoms with E-state index in [0.717, 1.165) is 51.6 Å². The summed E-state index contributed by atoms with van der Waals surface area (Å²) in [5, 5.41) is 2.57. The highest BCUT2D eigenvalue weighted by Gasteiger charge is 2.31. The second-order valence-electron chi connectivity index (χ2n) is 8.42. The van der Waals surface area contributed by atoms with Crippen molar-refractivity contribution in [3.8, 4) is 5.75 Å². The van der Waals surface area contributed by atoms with E-state index >= 15 is 0 Å². The van der Waals surface area contributed by atoms with Crippen molar-refractivity contribution in [3.63, 3.8) is 0 Å². The molecule has 0 unspecified atom stereocenters. The number of methoxy groups -OCH3 is 1. The Hall–Kier alpha value is -4.55. The summed E-state index contributed by atoms with van der Waals surface area (Å²) in [7, 11) is 1.47. The summed E-state index contributed by atoms with van der Waals surface area (Å²) < 4.78 is 85.4. The molecule has 0 amide bonds. The fraction of sp³-hybridized carbons (Fsp3) is 0.192. The Bertz CT molecular complexity index is 1570. The summed E-state index contributed by atoms with van der Waals surface area (Å²) in [4.78, 5) is 30.2. The van der Waals surface area contributed by atoms with Crippen LogP contribution in [0.1, 0.15) is 22.3 Å². The average molecular weight is 550 g/mol. The van der Waals surface area contributed by atoms with Crippen LogP contribution in [-0.4, -0.2) is 21.2 Å².